The number of ether oxygens (including phenoxy) is 2. The van der Waals surface area contributed by atoms with Crippen molar-refractivity contribution in [1.82, 2.24) is 9.03 Å². The summed E-state index contributed by atoms with van der Waals surface area (Å²) in [5.41, 5.74) is 0.959. The van der Waals surface area contributed by atoms with E-state index < -0.39 is 28.3 Å². The average Bonchev–Trinajstić information content (AvgIpc) is 2.98. The first-order valence-corrected chi connectivity index (χ1v) is 8.46. The molecule has 2 rings (SSSR count). The monoisotopic (exact) mass is 342 g/mol. The van der Waals surface area contributed by atoms with Crippen molar-refractivity contribution in [1.29, 1.82) is 0 Å². The van der Waals surface area contributed by atoms with Crippen LogP contribution in [-0.4, -0.2) is 51.1 Å². The Morgan fingerprint density at radius 1 is 1.39 bits per heavy atom. The van der Waals surface area contributed by atoms with Crippen molar-refractivity contribution in [2.24, 2.45) is 0 Å². The van der Waals surface area contributed by atoms with Crippen molar-refractivity contribution < 1.29 is 27.5 Å². The number of methoxy groups -OCH3 is 1. The topological polar surface area (TPSA) is 102 Å². The molecule has 0 unspecified atom stereocenters. The molecule has 0 bridgehead atoms. The standard InChI is InChI=1S/C14H18N2O6S/c1-21-13(17)12(8-7-11-5-3-2-4-6-11)15-23(19,20)16-9-10-22-14(16)18/h2-6,12,15H,7-10H2,1H3/t12-/m0/s1. The van der Waals surface area contributed by atoms with Gasteiger partial charge in [0.25, 0.3) is 0 Å². The summed E-state index contributed by atoms with van der Waals surface area (Å²) in [7, 11) is -2.98. The van der Waals surface area contributed by atoms with E-state index in [1.165, 1.54) is 7.11 Å². The minimum absolute atomic E-state index is 0.00729. The van der Waals surface area contributed by atoms with E-state index in [1.807, 2.05) is 30.3 Å². The van der Waals surface area contributed by atoms with Crippen molar-refractivity contribution in [2.75, 3.05) is 20.3 Å². The van der Waals surface area contributed by atoms with E-state index in [0.29, 0.717) is 10.7 Å². The SMILES string of the molecule is COC(=O)[C@H](CCc1ccccc1)NS(=O)(=O)N1CCOC1=O. The Balaban J connectivity index is 2.06. The van der Waals surface area contributed by atoms with Gasteiger partial charge in [-0.25, -0.2) is 4.79 Å². The van der Waals surface area contributed by atoms with Crippen LogP contribution >= 0.6 is 0 Å². The lowest BCUT2D eigenvalue weighted by Crippen LogP contribution is -2.49. The number of aryl methyl sites for hydroxylation is 1. The van der Waals surface area contributed by atoms with Gasteiger partial charge in [0.05, 0.1) is 13.7 Å². The van der Waals surface area contributed by atoms with E-state index in [-0.39, 0.29) is 19.6 Å². The Bertz CT molecular complexity index is 661. The molecular formula is C14H18N2O6S. The Kier molecular flexibility index (Phi) is 5.56. The van der Waals surface area contributed by atoms with Gasteiger partial charge in [-0.3, -0.25) is 4.79 Å². The molecular weight excluding hydrogens is 324 g/mol. The van der Waals surface area contributed by atoms with Crippen LogP contribution in [0.25, 0.3) is 0 Å². The predicted octanol–water partition coefficient (Wildman–Crippen LogP) is 0.447. The Hall–Kier alpha value is -2.13. The molecule has 1 aromatic carbocycles. The molecule has 1 N–H and O–H groups in total. The molecule has 1 fully saturated rings. The number of hydrogen-bond donors (Lipinski definition) is 1. The smallest absolute Gasteiger partial charge is 0.424 e. The van der Waals surface area contributed by atoms with E-state index >= 15 is 0 Å². The second-order valence-electron chi connectivity index (χ2n) is 4.91. The molecule has 1 saturated heterocycles. The quantitative estimate of drug-likeness (QED) is 0.722. The third-order valence-corrected chi connectivity index (χ3v) is 4.85. The van der Waals surface area contributed by atoms with Crippen molar-refractivity contribution >= 4 is 22.3 Å². The van der Waals surface area contributed by atoms with Gasteiger partial charge in [-0.05, 0) is 18.4 Å². The van der Waals surface area contributed by atoms with Gasteiger partial charge in [0.2, 0.25) is 0 Å². The van der Waals surface area contributed by atoms with E-state index in [9.17, 15) is 18.0 Å². The molecule has 126 valence electrons. The van der Waals surface area contributed by atoms with Crippen LogP contribution in [-0.2, 0) is 30.9 Å². The van der Waals surface area contributed by atoms with Crippen LogP contribution in [0, 0.1) is 0 Å². The fourth-order valence-electron chi connectivity index (χ4n) is 2.16. The first kappa shape index (κ1) is 17.2. The number of esters is 1. The summed E-state index contributed by atoms with van der Waals surface area (Å²) in [5.74, 6) is -0.711. The molecule has 1 heterocycles. The normalized spacial score (nSPS) is 16.0. The van der Waals surface area contributed by atoms with Crippen molar-refractivity contribution in [3.05, 3.63) is 35.9 Å². The van der Waals surface area contributed by atoms with Gasteiger partial charge in [-0.1, -0.05) is 30.3 Å². The summed E-state index contributed by atoms with van der Waals surface area (Å²) in [6, 6.07) is 8.24. The fraction of sp³-hybridized carbons (Fsp3) is 0.429. The molecule has 0 aromatic heterocycles. The van der Waals surface area contributed by atoms with Crippen molar-refractivity contribution in [3.63, 3.8) is 0 Å². The molecule has 0 aliphatic carbocycles. The summed E-state index contributed by atoms with van der Waals surface area (Å²) in [5, 5.41) is 0. The first-order chi connectivity index (χ1) is 10.9. The lowest BCUT2D eigenvalue weighted by molar-refractivity contribution is -0.142. The molecule has 1 amide bonds. The van der Waals surface area contributed by atoms with Crippen molar-refractivity contribution in [3.8, 4) is 0 Å². The minimum atomic E-state index is -4.16. The van der Waals surface area contributed by atoms with Crippen LogP contribution in [0.2, 0.25) is 0 Å². The van der Waals surface area contributed by atoms with E-state index in [4.69, 9.17) is 0 Å². The lowest BCUT2D eigenvalue weighted by atomic mass is 10.1. The summed E-state index contributed by atoms with van der Waals surface area (Å²) in [6.45, 7) is -0.0899. The predicted molar refractivity (Wildman–Crippen MR) is 80.7 cm³/mol. The zero-order valence-corrected chi connectivity index (χ0v) is 13.4. The van der Waals surface area contributed by atoms with Gasteiger partial charge in [-0.15, -0.1) is 0 Å². The number of amides is 1. The van der Waals surface area contributed by atoms with Gasteiger partial charge in [0, 0.05) is 0 Å². The second-order valence-corrected chi connectivity index (χ2v) is 6.54. The molecule has 9 heteroatoms. The van der Waals surface area contributed by atoms with Crippen LogP contribution < -0.4 is 4.72 Å². The highest BCUT2D eigenvalue weighted by atomic mass is 32.2. The summed E-state index contributed by atoms with van der Waals surface area (Å²) in [6.07, 6.45) is -0.268. The average molecular weight is 342 g/mol. The van der Waals surface area contributed by atoms with Gasteiger partial charge < -0.3 is 9.47 Å². The second kappa shape index (κ2) is 7.42. The highest BCUT2D eigenvalue weighted by Crippen LogP contribution is 2.12. The number of rotatable bonds is 7. The molecule has 1 aliphatic heterocycles. The summed E-state index contributed by atoms with van der Waals surface area (Å²) in [4.78, 5) is 23.2. The van der Waals surface area contributed by atoms with Gasteiger partial charge >= 0.3 is 22.3 Å². The van der Waals surface area contributed by atoms with E-state index in [0.717, 1.165) is 5.56 Å². The number of carbonyl (C=O) groups is 2. The highest BCUT2D eigenvalue weighted by Gasteiger charge is 2.36. The van der Waals surface area contributed by atoms with Crippen LogP contribution in [0.4, 0.5) is 4.79 Å². The van der Waals surface area contributed by atoms with E-state index in [1.54, 1.807) is 0 Å². The van der Waals surface area contributed by atoms with Crippen LogP contribution in [0.3, 0.4) is 0 Å². The summed E-state index contributed by atoms with van der Waals surface area (Å²) < 4.78 is 36.4. The number of nitrogens with zero attached hydrogens (tertiary/aromatic N) is 1. The molecule has 0 saturated carbocycles. The first-order valence-electron chi connectivity index (χ1n) is 7.02. The molecule has 1 aliphatic rings. The van der Waals surface area contributed by atoms with Crippen LogP contribution in [0.5, 0.6) is 0 Å². The Morgan fingerprint density at radius 2 is 2.09 bits per heavy atom. The van der Waals surface area contributed by atoms with Crippen molar-refractivity contribution in [2.45, 2.75) is 18.9 Å². The number of benzene rings is 1. The van der Waals surface area contributed by atoms with Gasteiger partial charge in [-0.2, -0.15) is 17.4 Å². The number of cyclic esters (lactones) is 1. The van der Waals surface area contributed by atoms with Crippen LogP contribution in [0.15, 0.2) is 30.3 Å². The molecule has 0 spiro atoms. The zero-order valence-electron chi connectivity index (χ0n) is 12.6. The maximum absolute atomic E-state index is 12.2. The minimum Gasteiger partial charge on any atom is -0.468 e. The molecule has 1 atom stereocenters. The van der Waals surface area contributed by atoms with Gasteiger partial charge in [0.1, 0.15) is 12.6 Å². The molecule has 8 nitrogen and oxygen atoms in total. The number of nitrogens with one attached hydrogen (secondary N) is 1. The molecule has 0 radical (unpaired) electrons. The number of hydrogen-bond acceptors (Lipinski definition) is 6. The zero-order chi connectivity index (χ0) is 16.9. The van der Waals surface area contributed by atoms with Crippen LogP contribution in [0.1, 0.15) is 12.0 Å². The lowest BCUT2D eigenvalue weighted by Gasteiger charge is -2.20. The largest absolute Gasteiger partial charge is 0.468 e. The summed E-state index contributed by atoms with van der Waals surface area (Å²) >= 11 is 0. The third-order valence-electron chi connectivity index (χ3n) is 3.36. The molecule has 1 aromatic rings. The maximum Gasteiger partial charge on any atom is 0.424 e. The Labute approximate surface area is 134 Å². The Morgan fingerprint density at radius 3 is 2.65 bits per heavy atom. The number of carbonyl (C=O) groups excluding carboxylic acids is 2. The fourth-order valence-corrected chi connectivity index (χ4v) is 3.43. The maximum atomic E-state index is 12.2. The molecule has 23 heavy (non-hydrogen) atoms. The van der Waals surface area contributed by atoms with E-state index in [2.05, 4.69) is 14.2 Å². The third kappa shape index (κ3) is 4.42. The van der Waals surface area contributed by atoms with Gasteiger partial charge in [0.15, 0.2) is 0 Å². The highest BCUT2D eigenvalue weighted by molar-refractivity contribution is 7.87.